The highest BCUT2D eigenvalue weighted by atomic mass is 16.6. The highest BCUT2D eigenvalue weighted by Crippen LogP contribution is 2.22. The highest BCUT2D eigenvalue weighted by Gasteiger charge is 2.23. The van der Waals surface area contributed by atoms with E-state index >= 15 is 0 Å². The standard InChI is InChI=1S/C18H21NO4/c1-5-10-22-16(20)12-14-11-13-8-6-7-9-15(13)19(14)17(21)23-18(2,3)4/h5-9,11H,1,10,12H2,2-4H3. The van der Waals surface area contributed by atoms with Crippen LogP contribution in [0, 0.1) is 0 Å². The molecule has 122 valence electrons. The average Bonchev–Trinajstić information content (AvgIpc) is 2.81. The van der Waals surface area contributed by atoms with E-state index in [0.29, 0.717) is 11.2 Å². The Morgan fingerprint density at radius 3 is 2.61 bits per heavy atom. The molecule has 23 heavy (non-hydrogen) atoms. The smallest absolute Gasteiger partial charge is 0.419 e. The summed E-state index contributed by atoms with van der Waals surface area (Å²) in [6.45, 7) is 9.05. The number of hydrogen-bond donors (Lipinski definition) is 0. The summed E-state index contributed by atoms with van der Waals surface area (Å²) in [5, 5.41) is 0.866. The molecular weight excluding hydrogens is 294 g/mol. The van der Waals surface area contributed by atoms with E-state index in [-0.39, 0.29) is 13.0 Å². The van der Waals surface area contributed by atoms with Gasteiger partial charge in [-0.1, -0.05) is 30.9 Å². The summed E-state index contributed by atoms with van der Waals surface area (Å²) in [5.74, 6) is -0.419. The Bertz CT molecular complexity index is 737. The number of nitrogens with zero attached hydrogens (tertiary/aromatic N) is 1. The Balaban J connectivity index is 2.39. The predicted molar refractivity (Wildman–Crippen MR) is 88.4 cm³/mol. The van der Waals surface area contributed by atoms with Crippen LogP contribution in [-0.2, 0) is 20.7 Å². The number of carbonyl (C=O) groups excluding carboxylic acids is 2. The summed E-state index contributed by atoms with van der Waals surface area (Å²) < 4.78 is 11.9. The Morgan fingerprint density at radius 1 is 1.26 bits per heavy atom. The van der Waals surface area contributed by atoms with Gasteiger partial charge in [-0.2, -0.15) is 0 Å². The summed E-state index contributed by atoms with van der Waals surface area (Å²) in [4.78, 5) is 24.4. The molecule has 5 nitrogen and oxygen atoms in total. The number of rotatable bonds is 4. The number of aromatic nitrogens is 1. The molecule has 1 aromatic carbocycles. The van der Waals surface area contributed by atoms with Crippen molar-refractivity contribution in [3.8, 4) is 0 Å². The Morgan fingerprint density at radius 2 is 1.96 bits per heavy atom. The maximum absolute atomic E-state index is 12.5. The first-order chi connectivity index (χ1) is 10.8. The van der Waals surface area contributed by atoms with Crippen molar-refractivity contribution in [3.05, 3.63) is 48.7 Å². The molecule has 0 aliphatic heterocycles. The van der Waals surface area contributed by atoms with Gasteiger partial charge in [-0.25, -0.2) is 9.36 Å². The summed E-state index contributed by atoms with van der Waals surface area (Å²) >= 11 is 0. The highest BCUT2D eigenvalue weighted by molar-refractivity contribution is 5.92. The zero-order valence-corrected chi connectivity index (χ0v) is 13.7. The summed E-state index contributed by atoms with van der Waals surface area (Å²) in [6, 6.07) is 9.21. The summed E-state index contributed by atoms with van der Waals surface area (Å²) in [5.41, 5.74) is 0.617. The third-order valence-electron chi connectivity index (χ3n) is 3.05. The van der Waals surface area contributed by atoms with Gasteiger partial charge in [0, 0.05) is 11.1 Å². The summed E-state index contributed by atoms with van der Waals surface area (Å²) in [7, 11) is 0. The lowest BCUT2D eigenvalue weighted by molar-refractivity contribution is -0.141. The fourth-order valence-corrected chi connectivity index (χ4v) is 2.22. The number of hydrogen-bond acceptors (Lipinski definition) is 4. The van der Waals surface area contributed by atoms with E-state index in [9.17, 15) is 9.59 Å². The van der Waals surface area contributed by atoms with Gasteiger partial charge in [-0.15, -0.1) is 0 Å². The van der Waals surface area contributed by atoms with Crippen molar-refractivity contribution >= 4 is 23.0 Å². The molecule has 0 bridgehead atoms. The van der Waals surface area contributed by atoms with E-state index in [1.165, 1.54) is 10.6 Å². The largest absolute Gasteiger partial charge is 0.461 e. The number of carbonyl (C=O) groups is 2. The van der Waals surface area contributed by atoms with Crippen LogP contribution in [0.25, 0.3) is 10.9 Å². The topological polar surface area (TPSA) is 57.5 Å². The first kappa shape index (κ1) is 16.8. The van der Waals surface area contributed by atoms with E-state index in [4.69, 9.17) is 9.47 Å². The number of fused-ring (bicyclic) bond motifs is 1. The average molecular weight is 315 g/mol. The second kappa shape index (κ2) is 6.69. The van der Waals surface area contributed by atoms with E-state index in [1.807, 2.05) is 24.3 Å². The van der Waals surface area contributed by atoms with Gasteiger partial charge >= 0.3 is 12.1 Å². The molecular formula is C18H21NO4. The van der Waals surface area contributed by atoms with Crippen LogP contribution >= 0.6 is 0 Å². The van der Waals surface area contributed by atoms with Gasteiger partial charge in [0.05, 0.1) is 11.9 Å². The van der Waals surface area contributed by atoms with Crippen molar-refractivity contribution in [2.45, 2.75) is 32.8 Å². The van der Waals surface area contributed by atoms with E-state index in [1.54, 1.807) is 26.8 Å². The van der Waals surface area contributed by atoms with Crippen LogP contribution in [0.3, 0.4) is 0 Å². The molecule has 0 aliphatic carbocycles. The monoisotopic (exact) mass is 315 g/mol. The van der Waals surface area contributed by atoms with Crippen molar-refractivity contribution in [3.63, 3.8) is 0 Å². The van der Waals surface area contributed by atoms with E-state index in [0.717, 1.165) is 5.39 Å². The van der Waals surface area contributed by atoms with Gasteiger partial charge < -0.3 is 9.47 Å². The molecule has 0 atom stereocenters. The minimum absolute atomic E-state index is 0.0121. The maximum Gasteiger partial charge on any atom is 0.419 e. The number of ether oxygens (including phenoxy) is 2. The molecule has 0 fully saturated rings. The molecule has 2 rings (SSSR count). The summed E-state index contributed by atoms with van der Waals surface area (Å²) in [6.07, 6.45) is 0.980. The fourth-order valence-electron chi connectivity index (χ4n) is 2.22. The molecule has 0 amide bonds. The Kier molecular flexibility index (Phi) is 4.89. The second-order valence-electron chi connectivity index (χ2n) is 6.16. The van der Waals surface area contributed by atoms with Gasteiger partial charge in [-0.3, -0.25) is 4.79 Å². The van der Waals surface area contributed by atoms with Crippen molar-refractivity contribution in [1.29, 1.82) is 0 Å². The third-order valence-corrected chi connectivity index (χ3v) is 3.05. The number of esters is 1. The number of para-hydroxylation sites is 1. The van der Waals surface area contributed by atoms with Crippen molar-refractivity contribution in [2.24, 2.45) is 0 Å². The maximum atomic E-state index is 12.5. The lowest BCUT2D eigenvalue weighted by Gasteiger charge is -2.20. The van der Waals surface area contributed by atoms with Crippen molar-refractivity contribution in [2.75, 3.05) is 6.61 Å². The molecule has 0 spiro atoms. The van der Waals surface area contributed by atoms with Crippen LogP contribution in [0.15, 0.2) is 43.0 Å². The van der Waals surface area contributed by atoms with E-state index < -0.39 is 17.7 Å². The van der Waals surface area contributed by atoms with Gasteiger partial charge in [0.1, 0.15) is 12.2 Å². The lowest BCUT2D eigenvalue weighted by Crippen LogP contribution is -2.28. The van der Waals surface area contributed by atoms with Crippen LogP contribution in [0.5, 0.6) is 0 Å². The molecule has 0 saturated heterocycles. The minimum atomic E-state index is -0.622. The quantitative estimate of drug-likeness (QED) is 0.637. The van der Waals surface area contributed by atoms with Crippen LogP contribution in [0.2, 0.25) is 0 Å². The molecule has 0 unspecified atom stereocenters. The van der Waals surface area contributed by atoms with Gasteiger partial charge in [0.2, 0.25) is 0 Å². The molecule has 1 heterocycles. The predicted octanol–water partition coefficient (Wildman–Crippen LogP) is 3.70. The molecule has 0 N–H and O–H groups in total. The zero-order chi connectivity index (χ0) is 17.0. The van der Waals surface area contributed by atoms with Gasteiger partial charge in [0.15, 0.2) is 0 Å². The first-order valence-electron chi connectivity index (χ1n) is 7.41. The van der Waals surface area contributed by atoms with Crippen LogP contribution in [0.1, 0.15) is 26.5 Å². The van der Waals surface area contributed by atoms with Crippen LogP contribution in [0.4, 0.5) is 4.79 Å². The van der Waals surface area contributed by atoms with Crippen molar-refractivity contribution in [1.82, 2.24) is 4.57 Å². The van der Waals surface area contributed by atoms with E-state index in [2.05, 4.69) is 6.58 Å². The third kappa shape index (κ3) is 4.22. The first-order valence-corrected chi connectivity index (χ1v) is 7.41. The Hall–Kier alpha value is -2.56. The fraction of sp³-hybridized carbons (Fsp3) is 0.333. The van der Waals surface area contributed by atoms with Crippen molar-refractivity contribution < 1.29 is 19.1 Å². The minimum Gasteiger partial charge on any atom is -0.461 e. The molecule has 1 aromatic heterocycles. The second-order valence-corrected chi connectivity index (χ2v) is 6.16. The van der Waals surface area contributed by atoms with Crippen LogP contribution in [-0.4, -0.2) is 28.8 Å². The van der Waals surface area contributed by atoms with Gasteiger partial charge in [-0.05, 0) is 32.9 Å². The van der Waals surface area contributed by atoms with Crippen LogP contribution < -0.4 is 0 Å². The normalized spacial score (nSPS) is 11.3. The molecule has 0 radical (unpaired) electrons. The number of benzene rings is 1. The SMILES string of the molecule is C=CCOC(=O)Cc1cc2ccccc2n1C(=O)OC(C)(C)C. The van der Waals surface area contributed by atoms with Gasteiger partial charge in [0.25, 0.3) is 0 Å². The molecule has 2 aromatic rings. The zero-order valence-electron chi connectivity index (χ0n) is 13.7. The Labute approximate surface area is 135 Å². The molecule has 0 saturated carbocycles. The molecule has 0 aliphatic rings. The molecule has 5 heteroatoms. The lowest BCUT2D eigenvalue weighted by atomic mass is 10.2.